The Hall–Kier alpha value is -2.03. The molecular formula is C18H26ClN5O3. The van der Waals surface area contributed by atoms with Crippen LogP contribution in [-0.4, -0.2) is 45.5 Å². The van der Waals surface area contributed by atoms with Crippen LogP contribution in [0, 0.1) is 0 Å². The monoisotopic (exact) mass is 395 g/mol. The molecule has 9 heteroatoms. The Kier molecular flexibility index (Phi) is 4.78. The van der Waals surface area contributed by atoms with Crippen LogP contribution in [0.2, 0.25) is 5.02 Å². The maximum absolute atomic E-state index is 12.7. The van der Waals surface area contributed by atoms with Crippen LogP contribution in [0.15, 0.2) is 24.3 Å². The number of hydrogen-bond donors (Lipinski definition) is 3. The van der Waals surface area contributed by atoms with Crippen molar-refractivity contribution in [3.05, 3.63) is 29.3 Å². The minimum Gasteiger partial charge on any atom is -0.494 e. The summed E-state index contributed by atoms with van der Waals surface area (Å²) < 4.78 is 5.69. The van der Waals surface area contributed by atoms with Gasteiger partial charge in [0.05, 0.1) is 12.1 Å². The predicted octanol–water partition coefficient (Wildman–Crippen LogP) is 2.85. The number of ether oxygens (including phenoxy) is 1. The van der Waals surface area contributed by atoms with Crippen molar-refractivity contribution in [3.8, 4) is 5.75 Å². The predicted molar refractivity (Wildman–Crippen MR) is 102 cm³/mol. The van der Waals surface area contributed by atoms with Crippen molar-refractivity contribution in [2.24, 2.45) is 0 Å². The van der Waals surface area contributed by atoms with Gasteiger partial charge in [0.2, 0.25) is 0 Å². The second-order valence-electron chi connectivity index (χ2n) is 8.23. The van der Waals surface area contributed by atoms with Crippen LogP contribution in [-0.2, 0) is 0 Å². The van der Waals surface area contributed by atoms with Gasteiger partial charge in [0.15, 0.2) is 0 Å². The Balaban J connectivity index is 1.55. The zero-order chi connectivity index (χ0) is 20.0. The van der Waals surface area contributed by atoms with Gasteiger partial charge in [-0.05, 0) is 58.9 Å². The fourth-order valence-electron chi connectivity index (χ4n) is 3.05. The van der Waals surface area contributed by atoms with E-state index in [2.05, 4.69) is 16.1 Å². The van der Waals surface area contributed by atoms with Gasteiger partial charge in [-0.2, -0.15) is 5.01 Å². The third kappa shape index (κ3) is 3.56. The van der Waals surface area contributed by atoms with Gasteiger partial charge in [0.1, 0.15) is 11.4 Å². The van der Waals surface area contributed by atoms with Crippen LogP contribution in [0.5, 0.6) is 5.75 Å². The van der Waals surface area contributed by atoms with Crippen LogP contribution < -0.4 is 20.8 Å². The first kappa shape index (κ1) is 19.7. The lowest BCUT2D eigenvalue weighted by Crippen LogP contribution is -2.86. The molecule has 2 aliphatic heterocycles. The Bertz CT molecular complexity index is 752. The molecule has 0 spiro atoms. The average molecular weight is 396 g/mol. The topological polar surface area (TPSA) is 85.9 Å². The number of halogens is 1. The number of carbonyl (C=O) groups excluding carboxylic acids is 2. The maximum Gasteiger partial charge on any atom is 0.343 e. The Morgan fingerprint density at radius 2 is 1.89 bits per heavy atom. The lowest BCUT2D eigenvalue weighted by atomic mass is 9.85. The van der Waals surface area contributed by atoms with Crippen LogP contribution in [0.1, 0.15) is 41.0 Å². The van der Waals surface area contributed by atoms with E-state index in [4.69, 9.17) is 16.3 Å². The first-order valence-corrected chi connectivity index (χ1v) is 9.24. The van der Waals surface area contributed by atoms with E-state index in [1.807, 2.05) is 34.6 Å². The Morgan fingerprint density at radius 3 is 2.44 bits per heavy atom. The van der Waals surface area contributed by atoms with Gasteiger partial charge in [-0.1, -0.05) is 11.6 Å². The molecular weight excluding hydrogens is 370 g/mol. The molecule has 0 aromatic heterocycles. The quantitative estimate of drug-likeness (QED) is 0.713. The second-order valence-corrected chi connectivity index (χ2v) is 8.67. The van der Waals surface area contributed by atoms with Crippen LogP contribution in [0.3, 0.4) is 0 Å². The summed E-state index contributed by atoms with van der Waals surface area (Å²) in [5, 5.41) is 9.00. The number of urea groups is 2. The summed E-state index contributed by atoms with van der Waals surface area (Å²) in [5.74, 6) is 0.711. The van der Waals surface area contributed by atoms with Crippen LogP contribution in [0.25, 0.3) is 0 Å². The summed E-state index contributed by atoms with van der Waals surface area (Å²) in [6, 6.07) is 6.15. The van der Waals surface area contributed by atoms with Crippen molar-refractivity contribution in [3.63, 3.8) is 0 Å². The van der Waals surface area contributed by atoms with Crippen molar-refractivity contribution in [1.82, 2.24) is 26.2 Å². The molecule has 8 nitrogen and oxygen atoms in total. The summed E-state index contributed by atoms with van der Waals surface area (Å²) in [7, 11) is 0. The number of amides is 4. The molecule has 3 N–H and O–H groups in total. The maximum atomic E-state index is 12.7. The normalized spacial score (nSPS) is 24.1. The molecule has 1 aromatic carbocycles. The van der Waals surface area contributed by atoms with E-state index in [9.17, 15) is 9.59 Å². The zero-order valence-corrected chi connectivity index (χ0v) is 17.0. The van der Waals surface area contributed by atoms with E-state index in [0.29, 0.717) is 23.8 Å². The third-order valence-electron chi connectivity index (χ3n) is 5.22. The highest BCUT2D eigenvalue weighted by Gasteiger charge is 2.66. The van der Waals surface area contributed by atoms with Crippen molar-refractivity contribution in [2.75, 3.05) is 6.61 Å². The van der Waals surface area contributed by atoms with E-state index in [-0.39, 0.29) is 5.54 Å². The molecule has 1 unspecified atom stereocenters. The number of benzene rings is 1. The molecule has 0 radical (unpaired) electrons. The van der Waals surface area contributed by atoms with E-state index >= 15 is 0 Å². The molecule has 2 saturated heterocycles. The standard InChI is InChI=1S/C18H26ClN5O3/c1-16(2,10-11-27-13-8-6-12(19)7-9-13)20-14(25)23-15(26)21-18(5)17(3,4)22-24(18)23/h6-9,22H,10-11H2,1-5H3,(H,20,25)(H,21,26). The van der Waals surface area contributed by atoms with Gasteiger partial charge in [-0.15, -0.1) is 5.12 Å². The first-order chi connectivity index (χ1) is 12.5. The fraction of sp³-hybridized carbons (Fsp3) is 0.556. The number of fused-ring (bicyclic) bond motifs is 1. The molecule has 2 heterocycles. The molecule has 0 aliphatic carbocycles. The Morgan fingerprint density at radius 1 is 1.26 bits per heavy atom. The number of rotatable bonds is 5. The number of imide groups is 1. The molecule has 27 heavy (non-hydrogen) atoms. The minimum absolute atomic E-state index is 0.348. The first-order valence-electron chi connectivity index (χ1n) is 8.86. The molecule has 1 atom stereocenters. The largest absolute Gasteiger partial charge is 0.494 e. The van der Waals surface area contributed by atoms with Crippen molar-refractivity contribution in [1.29, 1.82) is 0 Å². The summed E-state index contributed by atoms with van der Waals surface area (Å²) in [5.41, 5.74) is 1.55. The summed E-state index contributed by atoms with van der Waals surface area (Å²) in [6.07, 6.45) is 0.563. The number of carbonyl (C=O) groups is 2. The average Bonchev–Trinajstić information content (AvgIpc) is 2.77. The van der Waals surface area contributed by atoms with E-state index in [0.717, 1.165) is 5.01 Å². The number of hydrazine groups is 2. The minimum atomic E-state index is -0.650. The number of nitrogens with zero attached hydrogens (tertiary/aromatic N) is 2. The molecule has 148 valence electrons. The highest BCUT2D eigenvalue weighted by Crippen LogP contribution is 2.39. The smallest absolute Gasteiger partial charge is 0.343 e. The van der Waals surface area contributed by atoms with Gasteiger partial charge in [-0.3, -0.25) is 0 Å². The van der Waals surface area contributed by atoms with Crippen LogP contribution >= 0.6 is 11.6 Å². The Labute approximate surface area is 164 Å². The van der Waals surface area contributed by atoms with Gasteiger partial charge in [0, 0.05) is 17.0 Å². The SMILES string of the molecule is CC(C)(CCOc1ccc(Cl)cc1)NC(=O)N1C(=O)NC2(C)N1NC2(C)C. The van der Waals surface area contributed by atoms with Crippen LogP contribution in [0.4, 0.5) is 9.59 Å². The van der Waals surface area contributed by atoms with Crippen molar-refractivity contribution < 1.29 is 14.3 Å². The highest BCUT2D eigenvalue weighted by molar-refractivity contribution is 6.30. The van der Waals surface area contributed by atoms with E-state index in [1.165, 1.54) is 5.12 Å². The van der Waals surface area contributed by atoms with E-state index in [1.54, 1.807) is 24.3 Å². The van der Waals surface area contributed by atoms with Gasteiger partial charge >= 0.3 is 12.1 Å². The lowest BCUT2D eigenvalue weighted by Gasteiger charge is -2.58. The summed E-state index contributed by atoms with van der Waals surface area (Å²) in [4.78, 5) is 25.0. The molecule has 2 aliphatic rings. The van der Waals surface area contributed by atoms with Gasteiger partial charge in [-0.25, -0.2) is 15.0 Å². The van der Waals surface area contributed by atoms with Gasteiger partial charge < -0.3 is 15.4 Å². The lowest BCUT2D eigenvalue weighted by molar-refractivity contribution is -0.210. The molecule has 0 bridgehead atoms. The molecule has 2 fully saturated rings. The molecule has 3 rings (SSSR count). The third-order valence-corrected chi connectivity index (χ3v) is 5.47. The summed E-state index contributed by atoms with van der Waals surface area (Å²) in [6.45, 7) is 9.98. The number of nitrogens with one attached hydrogen (secondary N) is 3. The molecule has 0 saturated carbocycles. The van der Waals surface area contributed by atoms with Crippen molar-refractivity contribution in [2.45, 2.75) is 57.8 Å². The molecule has 4 amide bonds. The second kappa shape index (κ2) is 6.54. The zero-order valence-electron chi connectivity index (χ0n) is 16.2. The summed E-state index contributed by atoms with van der Waals surface area (Å²) >= 11 is 5.85. The highest BCUT2D eigenvalue weighted by atomic mass is 35.5. The van der Waals surface area contributed by atoms with E-state index < -0.39 is 23.3 Å². The fourth-order valence-corrected chi connectivity index (χ4v) is 3.18. The van der Waals surface area contributed by atoms with Crippen molar-refractivity contribution >= 4 is 23.7 Å². The van der Waals surface area contributed by atoms with Gasteiger partial charge in [0.25, 0.3) is 0 Å². The molecule has 1 aromatic rings. The number of hydrogen-bond acceptors (Lipinski definition) is 5.